The van der Waals surface area contributed by atoms with Gasteiger partial charge < -0.3 is 9.84 Å². The monoisotopic (exact) mass is 437 g/mol. The Morgan fingerprint density at radius 3 is 2.86 bits per heavy atom. The van der Waals surface area contributed by atoms with Crippen molar-refractivity contribution in [3.05, 3.63) is 80.1 Å². The summed E-state index contributed by atoms with van der Waals surface area (Å²) in [7, 11) is 0. The van der Waals surface area contributed by atoms with Crippen molar-refractivity contribution in [1.29, 1.82) is 0 Å². The van der Waals surface area contributed by atoms with Crippen LogP contribution in [-0.2, 0) is 30.2 Å². The van der Waals surface area contributed by atoms with Crippen LogP contribution in [0, 0.1) is 5.82 Å². The van der Waals surface area contributed by atoms with Crippen molar-refractivity contribution in [2.45, 2.75) is 12.8 Å². The van der Waals surface area contributed by atoms with Gasteiger partial charge in [0.1, 0.15) is 29.4 Å². The third-order valence-electron chi connectivity index (χ3n) is 4.29. The lowest BCUT2D eigenvalue weighted by molar-refractivity contribution is 0.0528. The van der Waals surface area contributed by atoms with Crippen molar-refractivity contribution in [3.8, 4) is 0 Å². The van der Waals surface area contributed by atoms with Gasteiger partial charge in [0.15, 0.2) is 0 Å². The summed E-state index contributed by atoms with van der Waals surface area (Å²) in [5, 5.41) is 9.34. The predicted octanol–water partition coefficient (Wildman–Crippen LogP) is 1.78. The largest absolute Gasteiger partial charge is 0.457 e. The second kappa shape index (κ2) is 9.39. The molecule has 6 nitrogen and oxygen atoms in total. The van der Waals surface area contributed by atoms with E-state index in [1.54, 1.807) is 12.1 Å². The van der Waals surface area contributed by atoms with Crippen molar-refractivity contribution in [2.24, 2.45) is 0 Å². The Morgan fingerprint density at radius 1 is 1.34 bits per heavy atom. The van der Waals surface area contributed by atoms with E-state index in [0.717, 1.165) is 0 Å². The van der Waals surface area contributed by atoms with E-state index in [0.29, 0.717) is 28.1 Å². The molecule has 0 fully saturated rings. The van der Waals surface area contributed by atoms with E-state index < -0.39 is 17.3 Å². The summed E-state index contributed by atoms with van der Waals surface area (Å²) in [5.74, 6) is -0.858. The molecule has 0 aliphatic heterocycles. The Labute approximate surface area is 176 Å². The van der Waals surface area contributed by atoms with Crippen molar-refractivity contribution < 1.29 is 19.0 Å². The number of benzene rings is 1. The highest BCUT2D eigenvalue weighted by Crippen LogP contribution is 2.21. The van der Waals surface area contributed by atoms with Crippen molar-refractivity contribution in [3.63, 3.8) is 0 Å². The first kappa shape index (κ1) is 21.3. The van der Waals surface area contributed by atoms with Gasteiger partial charge in [-0.2, -0.15) is 0 Å². The van der Waals surface area contributed by atoms with E-state index >= 15 is 0 Å². The number of hydrogen-bond acceptors (Lipinski definition) is 5. The Kier molecular flexibility index (Phi) is 6.89. The molecule has 0 saturated heterocycles. The van der Waals surface area contributed by atoms with Crippen LogP contribution >= 0.6 is 11.6 Å². The summed E-state index contributed by atoms with van der Waals surface area (Å²) in [5.41, 5.74) is 1.01. The highest BCUT2D eigenvalue weighted by atomic mass is 35.5. The Hall–Kier alpha value is -2.42. The first-order chi connectivity index (χ1) is 14.0. The lowest BCUT2D eigenvalue weighted by Crippen LogP contribution is -2.26. The molecule has 0 aliphatic rings. The summed E-state index contributed by atoms with van der Waals surface area (Å²) in [6, 6.07) is 6.08. The molecular formula is C20H19ClFN2O4S+. The number of aliphatic hydroxyl groups excluding tert-OH is 1. The number of ether oxygens (including phenoxy) is 1. The predicted molar refractivity (Wildman–Crippen MR) is 112 cm³/mol. The number of halogens is 2. The molecule has 1 aromatic carbocycles. The van der Waals surface area contributed by atoms with E-state index in [9.17, 15) is 19.1 Å². The molecule has 3 aromatic rings. The van der Waals surface area contributed by atoms with Crippen LogP contribution in [0.25, 0.3) is 5.65 Å². The van der Waals surface area contributed by atoms with Gasteiger partial charge >= 0.3 is 5.97 Å². The standard InChI is InChI=1S/C20H18ClFN2O4S/c21-16-3-1-2-13(17(16)22)8-12-10-23-18-14(4-5-25)9-15(19(26)24(18)11-12)20(27)28-6-7-29/h1-3,9-11,25,29H,4-8H2/p+1. The number of carbonyl (C=O) groups is 1. The van der Waals surface area contributed by atoms with Gasteiger partial charge in [0.05, 0.1) is 5.02 Å². The molecular weight excluding hydrogens is 419 g/mol. The van der Waals surface area contributed by atoms with Crippen LogP contribution in [0.15, 0.2) is 41.5 Å². The van der Waals surface area contributed by atoms with Gasteiger partial charge in [-0.15, -0.1) is 0 Å². The van der Waals surface area contributed by atoms with E-state index in [1.165, 1.54) is 28.9 Å². The van der Waals surface area contributed by atoms with Crippen LogP contribution in [0.4, 0.5) is 4.39 Å². The van der Waals surface area contributed by atoms with Gasteiger partial charge in [-0.25, -0.2) is 14.2 Å². The maximum absolute atomic E-state index is 14.2. The molecule has 0 atom stereocenters. The fourth-order valence-corrected chi connectivity index (χ4v) is 3.25. The third-order valence-corrected chi connectivity index (χ3v) is 4.79. The minimum atomic E-state index is -0.756. The lowest BCUT2D eigenvalue weighted by Gasteiger charge is -2.11. The zero-order chi connectivity index (χ0) is 21.0. The molecule has 0 saturated carbocycles. The first-order valence-electron chi connectivity index (χ1n) is 8.85. The fourth-order valence-electron chi connectivity index (χ4n) is 2.96. The number of rotatable bonds is 7. The molecule has 0 aliphatic carbocycles. The highest BCUT2D eigenvalue weighted by Gasteiger charge is 2.18. The van der Waals surface area contributed by atoms with Gasteiger partial charge in [0.25, 0.3) is 5.56 Å². The lowest BCUT2D eigenvalue weighted by atomic mass is 10.1. The number of hydrogen-bond donors (Lipinski definition) is 1. The number of aromatic nitrogens is 2. The second-order valence-electron chi connectivity index (χ2n) is 6.29. The molecule has 0 amide bonds. The molecule has 29 heavy (non-hydrogen) atoms. The molecule has 0 spiro atoms. The number of carbonyl (C=O) groups excluding carboxylic acids is 1. The zero-order valence-electron chi connectivity index (χ0n) is 15.3. The quantitative estimate of drug-likeness (QED) is 0.450. The van der Waals surface area contributed by atoms with E-state index in [-0.39, 0.29) is 36.6 Å². The second-order valence-corrected chi connectivity index (χ2v) is 7.20. The first-order valence-corrected chi connectivity index (χ1v) is 9.93. The van der Waals surface area contributed by atoms with Crippen LogP contribution in [0.1, 0.15) is 27.0 Å². The molecule has 0 unspecified atom stereocenters. The molecule has 0 bridgehead atoms. The average molecular weight is 438 g/mol. The van der Waals surface area contributed by atoms with Crippen LogP contribution in [0.3, 0.4) is 0 Å². The van der Waals surface area contributed by atoms with Crippen LogP contribution in [-0.4, -0.2) is 39.4 Å². The number of aliphatic hydroxyl groups is 1. The van der Waals surface area contributed by atoms with E-state index in [2.05, 4.69) is 17.6 Å². The summed E-state index contributed by atoms with van der Waals surface area (Å²) in [6.07, 6.45) is 3.40. The van der Waals surface area contributed by atoms with Gasteiger partial charge in [0, 0.05) is 25.4 Å². The summed E-state index contributed by atoms with van der Waals surface area (Å²) < 4.78 is 20.5. The third kappa shape index (κ3) is 4.60. The van der Waals surface area contributed by atoms with E-state index in [1.807, 2.05) is 0 Å². The highest BCUT2D eigenvalue weighted by molar-refractivity contribution is 7.58. The molecule has 2 aromatic heterocycles. The van der Waals surface area contributed by atoms with Gasteiger partial charge in [-0.3, -0.25) is 9.20 Å². The number of fused-ring (bicyclic) bond motifs is 1. The summed E-state index contributed by atoms with van der Waals surface area (Å²) in [4.78, 5) is 29.5. The zero-order valence-corrected chi connectivity index (χ0v) is 17.1. The Balaban J connectivity index is 2.10. The molecule has 152 valence electrons. The number of pyridine rings is 1. The van der Waals surface area contributed by atoms with Crippen molar-refractivity contribution in [2.75, 3.05) is 19.0 Å². The smallest absolute Gasteiger partial charge is 0.343 e. The van der Waals surface area contributed by atoms with Gasteiger partial charge in [-0.1, -0.05) is 23.7 Å². The molecule has 1 N–H and O–H groups in total. The van der Waals surface area contributed by atoms with Crippen molar-refractivity contribution in [1.82, 2.24) is 9.38 Å². The topological polar surface area (TPSA) is 80.9 Å². The van der Waals surface area contributed by atoms with Crippen LogP contribution < -0.4 is 5.56 Å². The normalized spacial score (nSPS) is 11.0. The Morgan fingerprint density at radius 2 is 2.14 bits per heavy atom. The summed E-state index contributed by atoms with van der Waals surface area (Å²) >= 11 is 9.03. The molecule has 0 radical (unpaired) electrons. The molecule has 2 heterocycles. The SMILES string of the molecule is O=C(OCC[SH2+])c1cc(CCO)c2ncc(Cc3cccc(Cl)c3F)cn2c1=O. The van der Waals surface area contributed by atoms with Crippen LogP contribution in [0.2, 0.25) is 5.02 Å². The average Bonchev–Trinajstić information content (AvgIpc) is 2.72. The van der Waals surface area contributed by atoms with Crippen LogP contribution in [0.5, 0.6) is 0 Å². The number of nitrogens with zero attached hydrogens (tertiary/aromatic N) is 2. The maximum atomic E-state index is 14.2. The fraction of sp³-hybridized carbons (Fsp3) is 0.250. The van der Waals surface area contributed by atoms with Gasteiger partial charge in [-0.05, 0) is 47.9 Å². The number of esters is 1. The van der Waals surface area contributed by atoms with E-state index in [4.69, 9.17) is 16.3 Å². The van der Waals surface area contributed by atoms with Gasteiger partial charge in [0.2, 0.25) is 0 Å². The molecule has 3 rings (SSSR count). The Bertz CT molecular complexity index is 1120. The summed E-state index contributed by atoms with van der Waals surface area (Å²) in [6.45, 7) is -0.0693. The maximum Gasteiger partial charge on any atom is 0.343 e. The minimum Gasteiger partial charge on any atom is -0.457 e. The van der Waals surface area contributed by atoms with Crippen molar-refractivity contribution >= 4 is 35.8 Å². The minimum absolute atomic E-state index is 0.00955. The molecule has 9 heteroatoms.